The van der Waals surface area contributed by atoms with E-state index in [4.69, 9.17) is 33.2 Å². The molecule has 378 valence electrons. The summed E-state index contributed by atoms with van der Waals surface area (Å²) in [6, 6.07) is 14.5. The summed E-state index contributed by atoms with van der Waals surface area (Å²) in [5.74, 6) is -4.18. The molecule has 4 aliphatic rings. The molecule has 17 nitrogen and oxygen atoms in total. The molecule has 3 fully saturated rings. The van der Waals surface area contributed by atoms with Gasteiger partial charge in [0, 0.05) is 36.7 Å². The Labute approximate surface area is 410 Å². The maximum atomic E-state index is 15.2. The van der Waals surface area contributed by atoms with Crippen LogP contribution in [0.5, 0.6) is 0 Å². The molecule has 1 saturated heterocycles. The van der Waals surface area contributed by atoms with Gasteiger partial charge in [-0.15, -0.1) is 0 Å². The molecule has 2 aromatic carbocycles. The van der Waals surface area contributed by atoms with E-state index in [-0.39, 0.29) is 36.3 Å². The minimum absolute atomic E-state index is 0.0595. The van der Waals surface area contributed by atoms with E-state index in [1.54, 1.807) is 80.1 Å². The molecule has 1 amide bonds. The summed E-state index contributed by atoms with van der Waals surface area (Å²) >= 11 is 0. The fraction of sp³-hybridized carbons (Fsp3) is 0.600. The van der Waals surface area contributed by atoms with Crippen LogP contribution in [0.25, 0.3) is 0 Å². The highest BCUT2D eigenvalue weighted by Gasteiger charge is 2.78. The van der Waals surface area contributed by atoms with Crippen LogP contribution in [0, 0.1) is 16.7 Å². The number of aliphatic hydroxyl groups excluding tert-OH is 2. The van der Waals surface area contributed by atoms with E-state index < -0.39 is 119 Å². The number of unbranched alkanes of at least 4 members (excludes halogenated alkanes) is 1. The van der Waals surface area contributed by atoms with Gasteiger partial charge in [-0.25, -0.2) is 19.2 Å². The van der Waals surface area contributed by atoms with Crippen molar-refractivity contribution < 1.29 is 77.2 Å². The third-order valence-electron chi connectivity index (χ3n) is 13.8. The number of carbonyl (C=O) groups is 6. The number of fused-ring (bicyclic) bond motifs is 5. The normalized spacial score (nSPS) is 30.1. The molecule has 1 heterocycles. The van der Waals surface area contributed by atoms with E-state index in [0.717, 1.165) is 25.5 Å². The lowest BCUT2D eigenvalue weighted by atomic mass is 9.44. The molecule has 6 rings (SSSR count). The maximum absolute atomic E-state index is 15.2. The zero-order valence-corrected chi connectivity index (χ0v) is 42.1. The average Bonchev–Trinajstić information content (AvgIpc) is 3.28. The van der Waals surface area contributed by atoms with Crippen LogP contribution in [-0.4, -0.2) is 129 Å². The smallest absolute Gasteiger partial charge is 0.455 e. The van der Waals surface area contributed by atoms with Crippen molar-refractivity contribution in [1.82, 2.24) is 5.32 Å². The van der Waals surface area contributed by atoms with Crippen LogP contribution in [0.2, 0.25) is 0 Å². The van der Waals surface area contributed by atoms with Gasteiger partial charge < -0.3 is 53.8 Å². The van der Waals surface area contributed by atoms with Gasteiger partial charge in [0.2, 0.25) is 6.10 Å². The first-order valence-corrected chi connectivity index (χ1v) is 25.7. The molecule has 1 aliphatic heterocycles. The number of aliphatic hydroxyl groups is 3. The Kier molecular flexibility index (Phi) is 16.6. The first-order valence-electron chi connectivity index (χ1n) is 23.2. The van der Waals surface area contributed by atoms with Crippen molar-refractivity contribution >= 4 is 57.5 Å². The second-order valence-electron chi connectivity index (χ2n) is 19.8. The number of ether oxygens (including phenoxy) is 7. The Morgan fingerprint density at radius 2 is 1.58 bits per heavy atom. The lowest BCUT2D eigenvalue weighted by Crippen LogP contribution is -2.81. The number of carbonyl (C=O) groups excluding carboxylic acids is 6. The largest absolute Gasteiger partial charge is 0.509 e. The van der Waals surface area contributed by atoms with Crippen molar-refractivity contribution in [3.05, 3.63) is 82.9 Å². The summed E-state index contributed by atoms with van der Waals surface area (Å²) < 4.78 is 41.3. The molecular weight excluding hydrogens is 935 g/mol. The van der Waals surface area contributed by atoms with Gasteiger partial charge in [0.25, 0.3) is 0 Å². The zero-order valence-electron chi connectivity index (χ0n) is 40.5. The summed E-state index contributed by atoms with van der Waals surface area (Å²) in [6.07, 6.45) is -11.0. The van der Waals surface area contributed by atoms with Crippen LogP contribution in [0.3, 0.4) is 0 Å². The average molecular weight is 1000 g/mol. The van der Waals surface area contributed by atoms with Crippen molar-refractivity contribution in [3.63, 3.8) is 0 Å². The molecule has 0 radical (unpaired) electrons. The van der Waals surface area contributed by atoms with Crippen LogP contribution in [-0.2, 0) is 47.5 Å². The number of alkyl carbamates (subject to hydrolysis) is 1. The highest BCUT2D eigenvalue weighted by molar-refractivity contribution is 8.76. The number of rotatable bonds is 16. The molecule has 3 aliphatic carbocycles. The Balaban J connectivity index is 1.47. The van der Waals surface area contributed by atoms with Gasteiger partial charge in [0.1, 0.15) is 48.3 Å². The molecule has 2 aromatic rings. The Morgan fingerprint density at radius 1 is 0.942 bits per heavy atom. The van der Waals surface area contributed by atoms with Crippen molar-refractivity contribution in [1.29, 1.82) is 0 Å². The second kappa shape index (κ2) is 21.4. The van der Waals surface area contributed by atoms with Crippen molar-refractivity contribution in [2.75, 3.05) is 24.7 Å². The third kappa shape index (κ3) is 10.8. The Morgan fingerprint density at radius 3 is 2.17 bits per heavy atom. The van der Waals surface area contributed by atoms with Crippen molar-refractivity contribution in [3.8, 4) is 0 Å². The van der Waals surface area contributed by atoms with Gasteiger partial charge in [-0.3, -0.25) is 9.59 Å². The van der Waals surface area contributed by atoms with Crippen molar-refractivity contribution in [2.24, 2.45) is 16.7 Å². The van der Waals surface area contributed by atoms with E-state index >= 15 is 4.79 Å². The van der Waals surface area contributed by atoms with Gasteiger partial charge in [0.15, 0.2) is 11.4 Å². The second-order valence-corrected chi connectivity index (χ2v) is 22.5. The number of esters is 3. The molecule has 2 saturated carbocycles. The van der Waals surface area contributed by atoms with E-state index in [0.29, 0.717) is 11.3 Å². The molecule has 0 aromatic heterocycles. The predicted molar refractivity (Wildman–Crippen MR) is 254 cm³/mol. The van der Waals surface area contributed by atoms with Gasteiger partial charge in [-0.2, -0.15) is 0 Å². The number of Topliss-reactive ketones (excluding diaryl/α,β-unsaturated/α-hetero) is 1. The quantitative estimate of drug-likeness (QED) is 0.0455. The SMILES string of the molecule is CCCCSSCCOC(=O)OC(C(=O)O[C@H]1C[C@@]2(O)[C@@H](OC(=O)c3ccccc3)[C@@H]3[C@]4(OC(C)=O)CO[C@@H]4C[C@H](O)[C@@]3(C)C(=O)[C@H](O)C(=C1C)C2(C)C)[C@@H](NC(=O)OC(C)(C)C)c1ccccc1. The first kappa shape index (κ1) is 53.7. The molecule has 2 bridgehead atoms. The summed E-state index contributed by atoms with van der Waals surface area (Å²) in [6.45, 7) is 13.7. The minimum Gasteiger partial charge on any atom is -0.455 e. The molecule has 69 heavy (non-hydrogen) atoms. The number of hydrogen-bond donors (Lipinski definition) is 4. The van der Waals surface area contributed by atoms with E-state index in [2.05, 4.69) is 12.2 Å². The molecule has 19 heteroatoms. The van der Waals surface area contributed by atoms with Crippen LogP contribution >= 0.6 is 21.6 Å². The molecule has 0 spiro atoms. The fourth-order valence-corrected chi connectivity index (χ4v) is 12.3. The topological polar surface area (TPSA) is 240 Å². The number of nitrogens with one attached hydrogen (secondary N) is 1. The van der Waals surface area contributed by atoms with Crippen LogP contribution in [0.1, 0.15) is 110 Å². The van der Waals surface area contributed by atoms with E-state index in [1.807, 2.05) is 0 Å². The number of amides is 1. The molecule has 11 atom stereocenters. The Hall–Kier alpha value is -4.66. The number of benzene rings is 2. The summed E-state index contributed by atoms with van der Waals surface area (Å²) in [5, 5.41) is 40.8. The lowest BCUT2D eigenvalue weighted by molar-refractivity contribution is -0.346. The third-order valence-corrected chi connectivity index (χ3v) is 16.3. The molecular formula is C50H65NO16S2. The number of ketones is 1. The van der Waals surface area contributed by atoms with Gasteiger partial charge in [-0.1, -0.05) is 97.3 Å². The summed E-state index contributed by atoms with van der Waals surface area (Å²) in [7, 11) is 3.12. The standard InChI is InChI=1S/C50H65NO16S2/c1-10-11-23-68-69-24-22-61-45(59)64-38(36(30-18-14-12-15-19-30)51-44(58)67-46(4,5)6)43(57)63-32-26-50(60)41(65-42(56)31-20-16-13-17-21-31)39-48(9,40(55)37(54)35(28(32)2)47(50,7)8)33(53)25-34-49(39,27-62-34)66-29(3)52/h12-21,32-34,36-39,41,53-54,60H,10-11,22-27H2,1-9H3,(H,51,58)/t32-,33-,34+,36-,37+,38?,39-,41-,48+,49-,50+/m0/s1. The van der Waals surface area contributed by atoms with Crippen LogP contribution < -0.4 is 5.32 Å². The van der Waals surface area contributed by atoms with Crippen LogP contribution in [0.4, 0.5) is 9.59 Å². The monoisotopic (exact) mass is 999 g/mol. The van der Waals surface area contributed by atoms with E-state index in [9.17, 15) is 39.3 Å². The Bertz CT molecular complexity index is 2250. The van der Waals surface area contributed by atoms with E-state index in [1.165, 1.54) is 50.6 Å². The maximum Gasteiger partial charge on any atom is 0.509 e. The molecule has 1 unspecified atom stereocenters. The zero-order chi connectivity index (χ0) is 50.7. The van der Waals surface area contributed by atoms with Crippen molar-refractivity contribution in [2.45, 2.75) is 147 Å². The lowest BCUT2D eigenvalue weighted by Gasteiger charge is -2.67. The minimum atomic E-state index is -2.43. The fourth-order valence-electron chi connectivity index (χ4n) is 10.3. The van der Waals surface area contributed by atoms with Crippen LogP contribution in [0.15, 0.2) is 71.8 Å². The first-order chi connectivity index (χ1) is 32.4. The predicted octanol–water partition coefficient (Wildman–Crippen LogP) is 6.60. The number of hydrogen-bond acceptors (Lipinski definition) is 18. The summed E-state index contributed by atoms with van der Waals surface area (Å²) in [5.41, 5.74) is -8.57. The highest BCUT2D eigenvalue weighted by atomic mass is 33.1. The molecule has 4 N–H and O–H groups in total. The summed E-state index contributed by atoms with van der Waals surface area (Å²) in [4.78, 5) is 84.6. The van der Waals surface area contributed by atoms with Gasteiger partial charge >= 0.3 is 30.2 Å². The van der Waals surface area contributed by atoms with Gasteiger partial charge in [0.05, 0.1) is 29.6 Å². The van der Waals surface area contributed by atoms with Gasteiger partial charge in [-0.05, 0) is 69.9 Å². The highest BCUT2D eigenvalue weighted by Crippen LogP contribution is 2.64.